The lowest BCUT2D eigenvalue weighted by Gasteiger charge is -2.07. The zero-order valence-electron chi connectivity index (χ0n) is 11.6. The van der Waals surface area contributed by atoms with Gasteiger partial charge >= 0.3 is 0 Å². The first kappa shape index (κ1) is 14.4. The predicted molar refractivity (Wildman–Crippen MR) is 77.7 cm³/mol. The van der Waals surface area contributed by atoms with Crippen molar-refractivity contribution in [2.45, 2.75) is 20.5 Å². The zero-order chi connectivity index (χ0) is 14.7. The van der Waals surface area contributed by atoms with Crippen molar-refractivity contribution >= 4 is 17.3 Å². The smallest absolute Gasteiger partial charge is 0.133 e. The van der Waals surface area contributed by atoms with E-state index < -0.39 is 0 Å². The van der Waals surface area contributed by atoms with Crippen LogP contribution in [0, 0.1) is 6.92 Å². The Hall–Kier alpha value is -2.01. The van der Waals surface area contributed by atoms with Crippen LogP contribution in [0.3, 0.4) is 0 Å². The second-order valence-electron chi connectivity index (χ2n) is 4.48. The highest BCUT2D eigenvalue weighted by molar-refractivity contribution is 6.30. The molecule has 1 aromatic carbocycles. The van der Waals surface area contributed by atoms with E-state index in [9.17, 15) is 0 Å². The molecular weight excluding hydrogens is 278 g/mol. The van der Waals surface area contributed by atoms with Gasteiger partial charge in [-0.1, -0.05) is 28.9 Å². The van der Waals surface area contributed by atoms with Crippen LogP contribution in [0.25, 0.3) is 0 Å². The molecule has 5 nitrogen and oxygen atoms in total. The summed E-state index contributed by atoms with van der Waals surface area (Å²) in [6, 6.07) is 7.35. The van der Waals surface area contributed by atoms with Crippen molar-refractivity contribution in [3.8, 4) is 5.75 Å². The maximum Gasteiger partial charge on any atom is 0.133 e. The average Bonchev–Trinajstić information content (AvgIpc) is 2.69. The van der Waals surface area contributed by atoms with Crippen LogP contribution >= 0.6 is 11.6 Å². The summed E-state index contributed by atoms with van der Waals surface area (Å²) in [5, 5.41) is 16.8. The second-order valence-corrected chi connectivity index (χ2v) is 4.84. The molecule has 1 aromatic heterocycles. The van der Waals surface area contributed by atoms with E-state index in [1.165, 1.54) is 0 Å². The molecule has 106 valence electrons. The second kappa shape index (κ2) is 5.96. The first-order valence-electron chi connectivity index (χ1n) is 6.12. The molecule has 20 heavy (non-hydrogen) atoms. The summed E-state index contributed by atoms with van der Waals surface area (Å²) < 4.78 is 7.35. The molecule has 0 radical (unpaired) electrons. The van der Waals surface area contributed by atoms with Crippen LogP contribution in [-0.2, 0) is 13.7 Å². The minimum absolute atomic E-state index is 0.345. The highest BCUT2D eigenvalue weighted by atomic mass is 35.5. The SMILES string of the molecule is C/C(=N/O)c1cccc(OCc2c(C)nn(C)c2Cl)c1. The number of nitrogens with zero attached hydrogens (tertiary/aromatic N) is 3. The summed E-state index contributed by atoms with van der Waals surface area (Å²) in [6.45, 7) is 3.96. The molecule has 0 amide bonds. The molecule has 0 fully saturated rings. The molecule has 0 spiro atoms. The molecule has 0 aliphatic carbocycles. The lowest BCUT2D eigenvalue weighted by molar-refractivity contribution is 0.305. The number of rotatable bonds is 4. The summed E-state index contributed by atoms with van der Waals surface area (Å²) >= 11 is 6.15. The first-order chi connectivity index (χ1) is 9.52. The number of aryl methyl sites for hydroxylation is 2. The predicted octanol–water partition coefficient (Wildman–Crippen LogP) is 3.16. The van der Waals surface area contributed by atoms with Crippen molar-refractivity contribution in [3.05, 3.63) is 46.2 Å². The van der Waals surface area contributed by atoms with E-state index in [2.05, 4.69) is 10.3 Å². The minimum Gasteiger partial charge on any atom is -0.489 e. The molecular formula is C14H16ClN3O2. The van der Waals surface area contributed by atoms with Crippen LogP contribution in [-0.4, -0.2) is 20.7 Å². The lowest BCUT2D eigenvalue weighted by atomic mass is 10.1. The van der Waals surface area contributed by atoms with E-state index in [-0.39, 0.29) is 0 Å². The quantitative estimate of drug-likeness (QED) is 0.535. The van der Waals surface area contributed by atoms with Crippen LogP contribution in [0.4, 0.5) is 0 Å². The highest BCUT2D eigenvalue weighted by Crippen LogP contribution is 2.22. The largest absolute Gasteiger partial charge is 0.489 e. The molecule has 0 bridgehead atoms. The summed E-state index contributed by atoms with van der Waals surface area (Å²) in [5.74, 6) is 0.685. The van der Waals surface area contributed by atoms with Crippen molar-refractivity contribution in [1.29, 1.82) is 0 Å². The van der Waals surface area contributed by atoms with Gasteiger partial charge in [-0.05, 0) is 26.0 Å². The van der Waals surface area contributed by atoms with Crippen molar-refractivity contribution in [1.82, 2.24) is 9.78 Å². The van der Waals surface area contributed by atoms with E-state index in [1.807, 2.05) is 31.2 Å². The Morgan fingerprint density at radius 2 is 2.25 bits per heavy atom. The van der Waals surface area contributed by atoms with E-state index >= 15 is 0 Å². The molecule has 0 aliphatic heterocycles. The Kier molecular flexibility index (Phi) is 4.29. The number of oxime groups is 1. The summed E-state index contributed by atoms with van der Waals surface area (Å²) in [5.41, 5.74) is 3.05. The van der Waals surface area contributed by atoms with E-state index in [4.69, 9.17) is 21.5 Å². The van der Waals surface area contributed by atoms with E-state index in [1.54, 1.807) is 18.7 Å². The average molecular weight is 294 g/mol. The minimum atomic E-state index is 0.345. The topological polar surface area (TPSA) is 59.6 Å². The van der Waals surface area contributed by atoms with Crippen molar-refractivity contribution in [2.75, 3.05) is 0 Å². The number of benzene rings is 1. The van der Waals surface area contributed by atoms with Gasteiger partial charge in [0, 0.05) is 18.2 Å². The van der Waals surface area contributed by atoms with Crippen molar-refractivity contribution < 1.29 is 9.94 Å². The molecule has 0 unspecified atom stereocenters. The summed E-state index contributed by atoms with van der Waals surface area (Å²) in [4.78, 5) is 0. The van der Waals surface area contributed by atoms with Gasteiger partial charge in [0.1, 0.15) is 17.5 Å². The van der Waals surface area contributed by atoms with E-state index in [0.29, 0.717) is 23.2 Å². The fourth-order valence-corrected chi connectivity index (χ4v) is 2.09. The normalized spacial score (nSPS) is 11.7. The maximum absolute atomic E-state index is 8.78. The standard InChI is InChI=1S/C14H16ClN3O2/c1-9(17-19)11-5-4-6-12(7-11)20-8-13-10(2)16-18(3)14(13)15/h4-7,19H,8H2,1-3H3/b17-9-. The van der Waals surface area contributed by atoms with Crippen molar-refractivity contribution in [3.63, 3.8) is 0 Å². The third-order valence-corrected chi connectivity index (χ3v) is 3.53. The highest BCUT2D eigenvalue weighted by Gasteiger charge is 2.11. The van der Waals surface area contributed by atoms with Crippen LogP contribution in [0.2, 0.25) is 5.15 Å². The van der Waals surface area contributed by atoms with Gasteiger partial charge in [-0.25, -0.2) is 0 Å². The van der Waals surface area contributed by atoms with Gasteiger partial charge in [0.15, 0.2) is 0 Å². The summed E-state index contributed by atoms with van der Waals surface area (Å²) in [7, 11) is 1.79. The van der Waals surface area contributed by atoms with Crippen LogP contribution in [0.5, 0.6) is 5.75 Å². The zero-order valence-corrected chi connectivity index (χ0v) is 12.3. The molecule has 2 aromatic rings. The van der Waals surface area contributed by atoms with Gasteiger partial charge in [0.25, 0.3) is 0 Å². The maximum atomic E-state index is 8.78. The number of aromatic nitrogens is 2. The molecule has 0 saturated heterocycles. The molecule has 6 heteroatoms. The van der Waals surface area contributed by atoms with Gasteiger partial charge in [-0.15, -0.1) is 0 Å². The lowest BCUT2D eigenvalue weighted by Crippen LogP contribution is -1.99. The Morgan fingerprint density at radius 3 is 2.85 bits per heavy atom. The number of ether oxygens (including phenoxy) is 1. The van der Waals surface area contributed by atoms with Gasteiger partial charge < -0.3 is 9.94 Å². The number of halogens is 1. The Labute approximate surface area is 122 Å². The molecule has 0 atom stereocenters. The molecule has 0 saturated carbocycles. The molecule has 2 rings (SSSR count). The van der Waals surface area contributed by atoms with Gasteiger partial charge in [0.2, 0.25) is 0 Å². The Bertz CT molecular complexity index is 650. The van der Waals surface area contributed by atoms with Crippen LogP contribution < -0.4 is 4.74 Å². The molecule has 0 aliphatic rings. The van der Waals surface area contributed by atoms with Crippen LogP contribution in [0.15, 0.2) is 29.4 Å². The molecule has 1 N–H and O–H groups in total. The van der Waals surface area contributed by atoms with Gasteiger partial charge in [-0.3, -0.25) is 4.68 Å². The number of hydrogen-bond donors (Lipinski definition) is 1. The van der Waals surface area contributed by atoms with Crippen LogP contribution in [0.1, 0.15) is 23.7 Å². The van der Waals surface area contributed by atoms with Crippen molar-refractivity contribution in [2.24, 2.45) is 12.2 Å². The third kappa shape index (κ3) is 2.93. The Balaban J connectivity index is 2.15. The summed E-state index contributed by atoms with van der Waals surface area (Å²) in [6.07, 6.45) is 0. The fraction of sp³-hybridized carbons (Fsp3) is 0.286. The van der Waals surface area contributed by atoms with Gasteiger partial charge in [-0.2, -0.15) is 5.10 Å². The number of hydrogen-bond acceptors (Lipinski definition) is 4. The monoisotopic (exact) mass is 293 g/mol. The Morgan fingerprint density at radius 1 is 1.50 bits per heavy atom. The fourth-order valence-electron chi connectivity index (χ4n) is 1.86. The van der Waals surface area contributed by atoms with E-state index in [0.717, 1.165) is 16.8 Å². The first-order valence-corrected chi connectivity index (χ1v) is 6.50. The third-order valence-electron chi connectivity index (χ3n) is 3.05. The molecule has 1 heterocycles. The van der Waals surface area contributed by atoms with Gasteiger partial charge in [0.05, 0.1) is 11.4 Å².